The monoisotopic (exact) mass is 462 g/mol. The molecule has 0 aliphatic rings. The average molecular weight is 463 g/mol. The van der Waals surface area contributed by atoms with Crippen molar-refractivity contribution >= 4 is 27.6 Å². The molecule has 2 N–H and O–H groups in total. The lowest BCUT2D eigenvalue weighted by Crippen LogP contribution is -2.11. The summed E-state index contributed by atoms with van der Waals surface area (Å²) in [6, 6.07) is 14.8. The molecule has 0 atom stereocenters. The molecule has 0 aliphatic heterocycles. The predicted octanol–water partition coefficient (Wildman–Crippen LogP) is 4.85. The van der Waals surface area contributed by atoms with Gasteiger partial charge in [0.15, 0.2) is 0 Å². The van der Waals surface area contributed by atoms with E-state index in [4.69, 9.17) is 15.3 Å². The smallest absolute Gasteiger partial charge is 0.238 e. The van der Waals surface area contributed by atoms with Crippen LogP contribution in [0.2, 0.25) is 0 Å². The summed E-state index contributed by atoms with van der Waals surface area (Å²) in [5, 5.41) is 24.4. The molecule has 3 aromatic rings. The third kappa shape index (κ3) is 4.74. The highest BCUT2D eigenvalue weighted by Crippen LogP contribution is 2.35. The fourth-order valence-corrected chi connectivity index (χ4v) is 3.31. The fourth-order valence-electron chi connectivity index (χ4n) is 2.91. The number of benzene rings is 2. The van der Waals surface area contributed by atoms with E-state index in [0.717, 1.165) is 22.5 Å². The molecular weight excluding hydrogens is 444 g/mol. The Labute approximate surface area is 183 Å². The molecule has 0 saturated heterocycles. The van der Waals surface area contributed by atoms with Gasteiger partial charge in [-0.1, -0.05) is 0 Å². The lowest BCUT2D eigenvalue weighted by Gasteiger charge is -2.16. The lowest BCUT2D eigenvalue weighted by atomic mass is 10.1. The van der Waals surface area contributed by atoms with Crippen LogP contribution >= 0.6 is 15.9 Å². The molecule has 8 heteroatoms. The van der Waals surface area contributed by atoms with Gasteiger partial charge >= 0.3 is 0 Å². The summed E-state index contributed by atoms with van der Waals surface area (Å²) in [6.45, 7) is 4.29. The van der Waals surface area contributed by atoms with Crippen LogP contribution in [-0.4, -0.2) is 17.0 Å². The van der Waals surface area contributed by atoms with Gasteiger partial charge in [0, 0.05) is 12.2 Å². The molecule has 2 aromatic carbocycles. The van der Waals surface area contributed by atoms with Crippen LogP contribution in [0.4, 0.5) is 11.6 Å². The van der Waals surface area contributed by atoms with E-state index in [1.165, 1.54) is 0 Å². The first-order chi connectivity index (χ1) is 14.4. The zero-order valence-corrected chi connectivity index (χ0v) is 18.3. The lowest BCUT2D eigenvalue weighted by molar-refractivity contribution is 0.450. The van der Waals surface area contributed by atoms with Gasteiger partial charge in [-0.2, -0.15) is 15.5 Å². The van der Waals surface area contributed by atoms with E-state index in [-0.39, 0.29) is 0 Å². The van der Waals surface area contributed by atoms with E-state index >= 15 is 0 Å². The number of nitriles is 2. The van der Waals surface area contributed by atoms with Crippen molar-refractivity contribution in [3.63, 3.8) is 0 Å². The van der Waals surface area contributed by atoms with Crippen LogP contribution < -0.4 is 15.4 Å². The van der Waals surface area contributed by atoms with E-state index in [9.17, 15) is 0 Å². The van der Waals surface area contributed by atoms with Crippen molar-refractivity contribution in [3.8, 4) is 23.8 Å². The Morgan fingerprint density at radius 3 is 2.20 bits per heavy atom. The topological polar surface area (TPSA) is 107 Å². The Hall–Kier alpha value is -3.46. The van der Waals surface area contributed by atoms with E-state index in [0.29, 0.717) is 39.7 Å². The quantitative estimate of drug-likeness (QED) is 0.538. The Balaban J connectivity index is 1.99. The zero-order valence-electron chi connectivity index (χ0n) is 16.7. The minimum Gasteiger partial charge on any atom is -0.437 e. The number of anilines is 2. The van der Waals surface area contributed by atoms with Crippen molar-refractivity contribution in [2.24, 2.45) is 0 Å². The first kappa shape index (κ1) is 21.3. The highest BCUT2D eigenvalue weighted by molar-refractivity contribution is 9.10. The van der Waals surface area contributed by atoms with Crippen LogP contribution in [0.15, 0.2) is 40.9 Å². The van der Waals surface area contributed by atoms with Crippen LogP contribution in [-0.2, 0) is 6.54 Å². The van der Waals surface area contributed by atoms with E-state index in [2.05, 4.69) is 48.7 Å². The molecule has 0 fully saturated rings. The van der Waals surface area contributed by atoms with Crippen molar-refractivity contribution in [2.75, 3.05) is 12.4 Å². The number of nitrogens with zero attached hydrogens (tertiary/aromatic N) is 4. The van der Waals surface area contributed by atoms with Gasteiger partial charge in [0.25, 0.3) is 0 Å². The van der Waals surface area contributed by atoms with Gasteiger partial charge in [-0.25, -0.2) is 4.98 Å². The normalized spacial score (nSPS) is 10.2. The highest BCUT2D eigenvalue weighted by atomic mass is 79.9. The van der Waals surface area contributed by atoms with Gasteiger partial charge in [0.1, 0.15) is 10.2 Å². The number of halogens is 1. The van der Waals surface area contributed by atoms with Crippen molar-refractivity contribution in [3.05, 3.63) is 68.8 Å². The molecule has 1 aromatic heterocycles. The van der Waals surface area contributed by atoms with Gasteiger partial charge in [-0.15, -0.1) is 0 Å². The van der Waals surface area contributed by atoms with Gasteiger partial charge < -0.3 is 15.4 Å². The van der Waals surface area contributed by atoms with Gasteiger partial charge in [-0.05, 0) is 84.4 Å². The first-order valence-electron chi connectivity index (χ1n) is 9.12. The molecule has 30 heavy (non-hydrogen) atoms. The summed E-state index contributed by atoms with van der Waals surface area (Å²) in [5.41, 5.74) is 4.32. The number of hydrogen-bond donors (Lipinski definition) is 2. The van der Waals surface area contributed by atoms with Crippen LogP contribution in [0.5, 0.6) is 11.6 Å². The van der Waals surface area contributed by atoms with Crippen LogP contribution in [0.25, 0.3) is 0 Å². The molecule has 0 spiro atoms. The van der Waals surface area contributed by atoms with Gasteiger partial charge in [0.2, 0.25) is 11.8 Å². The SMILES string of the molecule is CNCc1nc(Nc2ccc(C#N)cc2)nc(Oc2c(C)cc(C#N)cc2C)c1Br. The highest BCUT2D eigenvalue weighted by Gasteiger charge is 2.17. The molecule has 7 nitrogen and oxygen atoms in total. The number of aromatic nitrogens is 2. The molecule has 0 bridgehead atoms. The van der Waals surface area contributed by atoms with Crippen molar-refractivity contribution in [2.45, 2.75) is 20.4 Å². The molecule has 0 amide bonds. The molecular formula is C22H19BrN6O. The fraction of sp³-hybridized carbons (Fsp3) is 0.182. The summed E-state index contributed by atoms with van der Waals surface area (Å²) in [7, 11) is 1.83. The van der Waals surface area contributed by atoms with E-state index in [1.807, 2.05) is 20.9 Å². The van der Waals surface area contributed by atoms with Crippen LogP contribution in [0, 0.1) is 36.5 Å². The summed E-state index contributed by atoms with van der Waals surface area (Å²) in [4.78, 5) is 9.08. The minimum atomic E-state index is 0.363. The second kappa shape index (κ2) is 9.36. The van der Waals surface area contributed by atoms with E-state index < -0.39 is 0 Å². The summed E-state index contributed by atoms with van der Waals surface area (Å²) < 4.78 is 6.80. The standard InChI is InChI=1S/C22H19BrN6O/c1-13-8-16(11-25)9-14(2)20(13)30-21-19(23)18(12-26-3)28-22(29-21)27-17-6-4-15(10-24)5-7-17/h4-9,26H,12H2,1-3H3,(H,27,28,29). The average Bonchev–Trinajstić information content (AvgIpc) is 2.74. The van der Waals surface area contributed by atoms with Crippen molar-refractivity contribution < 1.29 is 4.74 Å². The predicted molar refractivity (Wildman–Crippen MR) is 118 cm³/mol. The van der Waals surface area contributed by atoms with Crippen LogP contribution in [0.3, 0.4) is 0 Å². The molecule has 150 valence electrons. The third-order valence-electron chi connectivity index (χ3n) is 4.29. The number of hydrogen-bond acceptors (Lipinski definition) is 7. The van der Waals surface area contributed by atoms with Gasteiger partial charge in [0.05, 0.1) is 29.0 Å². The second-order valence-electron chi connectivity index (χ2n) is 6.61. The van der Waals surface area contributed by atoms with Gasteiger partial charge in [-0.3, -0.25) is 0 Å². The maximum Gasteiger partial charge on any atom is 0.238 e. The summed E-state index contributed by atoms with van der Waals surface area (Å²) in [6.07, 6.45) is 0. The first-order valence-corrected chi connectivity index (χ1v) is 9.92. The zero-order chi connectivity index (χ0) is 21.7. The third-order valence-corrected chi connectivity index (χ3v) is 5.09. The minimum absolute atomic E-state index is 0.363. The number of rotatable bonds is 6. The second-order valence-corrected chi connectivity index (χ2v) is 7.40. The summed E-state index contributed by atoms with van der Waals surface area (Å²) in [5.74, 6) is 1.38. The Bertz CT molecular complexity index is 1140. The molecule has 0 saturated carbocycles. The Morgan fingerprint density at radius 2 is 1.63 bits per heavy atom. The Kier molecular flexibility index (Phi) is 6.63. The largest absolute Gasteiger partial charge is 0.437 e. The Morgan fingerprint density at radius 1 is 1.00 bits per heavy atom. The van der Waals surface area contributed by atoms with Crippen molar-refractivity contribution in [1.29, 1.82) is 10.5 Å². The van der Waals surface area contributed by atoms with Crippen LogP contribution in [0.1, 0.15) is 27.9 Å². The molecule has 0 aliphatic carbocycles. The molecule has 0 radical (unpaired) electrons. The van der Waals surface area contributed by atoms with Crippen molar-refractivity contribution in [1.82, 2.24) is 15.3 Å². The number of ether oxygens (including phenoxy) is 1. The number of nitrogens with one attached hydrogen (secondary N) is 2. The maximum absolute atomic E-state index is 9.16. The molecule has 1 heterocycles. The molecule has 3 rings (SSSR count). The summed E-state index contributed by atoms with van der Waals surface area (Å²) >= 11 is 3.55. The number of aryl methyl sites for hydroxylation is 2. The van der Waals surface area contributed by atoms with E-state index in [1.54, 1.807) is 36.4 Å². The maximum atomic E-state index is 9.16. The molecule has 0 unspecified atom stereocenters.